The van der Waals surface area contributed by atoms with E-state index in [1.807, 2.05) is 0 Å². The van der Waals surface area contributed by atoms with E-state index in [-0.39, 0.29) is 22.7 Å². The maximum absolute atomic E-state index is 11.9. The van der Waals surface area contributed by atoms with Gasteiger partial charge in [-0.15, -0.1) is 0 Å². The van der Waals surface area contributed by atoms with Gasteiger partial charge < -0.3 is 19.0 Å². The van der Waals surface area contributed by atoms with Gasteiger partial charge in [0.15, 0.2) is 11.5 Å². The van der Waals surface area contributed by atoms with Gasteiger partial charge in [-0.1, -0.05) is 24.3 Å². The number of para-hydroxylation sites is 3. The smallest absolute Gasteiger partial charge is 0.320 e. The van der Waals surface area contributed by atoms with Crippen molar-refractivity contribution in [2.75, 3.05) is 0 Å². The molecule has 0 aliphatic carbocycles. The summed E-state index contributed by atoms with van der Waals surface area (Å²) in [5, 5.41) is 20.5. The number of hydrogen-bond acceptors (Lipinski definition) is 7. The molecule has 0 aliphatic rings. The quantitative estimate of drug-likeness (QED) is 0.488. The Bertz CT molecular complexity index is 764. The average Bonchev–Trinajstić information content (AvgIpc) is 2.49. The summed E-state index contributed by atoms with van der Waals surface area (Å²) in [6, 6.07) is 11.1. The fraction of sp³-hybridized carbons (Fsp3) is 0.143. The molecule has 9 heteroatoms. The van der Waals surface area contributed by atoms with E-state index < -0.39 is 18.8 Å². The molecule has 8 nitrogen and oxygen atoms in total. The third-order valence-electron chi connectivity index (χ3n) is 2.93. The summed E-state index contributed by atoms with van der Waals surface area (Å²) >= 11 is 0. The SMILES string of the molecule is CC(OP(=O)([O-])Oc1ccccc1O)c1ccccc1[N+](=O)[O-]. The van der Waals surface area contributed by atoms with Gasteiger partial charge in [-0.3, -0.25) is 14.7 Å². The summed E-state index contributed by atoms with van der Waals surface area (Å²) in [7, 11) is -4.85. The van der Waals surface area contributed by atoms with Crippen LogP contribution in [0.3, 0.4) is 0 Å². The van der Waals surface area contributed by atoms with E-state index in [0.29, 0.717) is 0 Å². The van der Waals surface area contributed by atoms with Crippen molar-refractivity contribution in [2.45, 2.75) is 13.0 Å². The molecular formula is C14H13NO7P-. The predicted octanol–water partition coefficient (Wildman–Crippen LogP) is 2.93. The Labute approximate surface area is 131 Å². The summed E-state index contributed by atoms with van der Waals surface area (Å²) in [5.41, 5.74) is -0.169. The molecule has 2 aromatic carbocycles. The van der Waals surface area contributed by atoms with Gasteiger partial charge in [0.05, 0.1) is 16.6 Å². The number of phosphoric ester groups is 1. The van der Waals surface area contributed by atoms with Crippen LogP contribution < -0.4 is 9.42 Å². The Kier molecular flexibility index (Phi) is 5.00. The minimum Gasteiger partial charge on any atom is -0.746 e. The number of benzene rings is 2. The zero-order chi connectivity index (χ0) is 17.0. The lowest BCUT2D eigenvalue weighted by Gasteiger charge is -2.26. The van der Waals surface area contributed by atoms with Crippen molar-refractivity contribution in [1.82, 2.24) is 0 Å². The van der Waals surface area contributed by atoms with Crippen LogP contribution in [0.15, 0.2) is 48.5 Å². The number of nitro benzene ring substituents is 1. The van der Waals surface area contributed by atoms with Crippen molar-refractivity contribution >= 4 is 13.5 Å². The minimum atomic E-state index is -4.85. The van der Waals surface area contributed by atoms with Gasteiger partial charge in [0.1, 0.15) is 0 Å². The second kappa shape index (κ2) is 6.78. The van der Waals surface area contributed by atoms with Crippen LogP contribution in [0.25, 0.3) is 0 Å². The van der Waals surface area contributed by atoms with Gasteiger partial charge in [0.25, 0.3) is 5.69 Å². The molecule has 2 unspecified atom stereocenters. The Hall–Kier alpha value is -2.41. The molecule has 0 amide bonds. The number of phenols is 1. The first-order valence-electron chi connectivity index (χ1n) is 6.50. The summed E-state index contributed by atoms with van der Waals surface area (Å²) in [6.07, 6.45) is -1.13. The van der Waals surface area contributed by atoms with E-state index in [2.05, 4.69) is 4.52 Å². The van der Waals surface area contributed by atoms with Crippen molar-refractivity contribution < 1.29 is 28.5 Å². The lowest BCUT2D eigenvalue weighted by atomic mass is 10.1. The zero-order valence-corrected chi connectivity index (χ0v) is 12.9. The summed E-state index contributed by atoms with van der Waals surface area (Å²) in [4.78, 5) is 22.3. The number of nitrogens with zero attached hydrogens (tertiary/aromatic N) is 1. The first-order chi connectivity index (χ1) is 10.8. The first-order valence-corrected chi connectivity index (χ1v) is 7.96. The minimum absolute atomic E-state index is 0.0921. The summed E-state index contributed by atoms with van der Waals surface area (Å²) < 4.78 is 21.4. The topological polar surface area (TPSA) is 122 Å². The number of nitro groups is 1. The van der Waals surface area contributed by atoms with Gasteiger partial charge in [-0.25, -0.2) is 0 Å². The molecule has 2 rings (SSSR count). The highest BCUT2D eigenvalue weighted by Gasteiger charge is 2.24. The standard InChI is InChI=1S/C14H14NO7P/c1-10(11-6-2-3-7-12(11)15(17)18)21-23(19,20)22-14-9-5-4-8-13(14)16/h2-10,16H,1H3,(H,19,20)/p-1. The van der Waals surface area contributed by atoms with Crippen molar-refractivity contribution in [3.05, 3.63) is 64.2 Å². The zero-order valence-electron chi connectivity index (χ0n) is 12.0. The fourth-order valence-corrected chi connectivity index (χ4v) is 2.86. The monoisotopic (exact) mass is 338 g/mol. The summed E-state index contributed by atoms with van der Waals surface area (Å²) in [6.45, 7) is 1.35. The largest absolute Gasteiger partial charge is 0.746 e. The fourth-order valence-electron chi connectivity index (χ4n) is 1.92. The summed E-state index contributed by atoms with van der Waals surface area (Å²) in [5.74, 6) is -0.661. The number of rotatable bonds is 6. The molecule has 2 atom stereocenters. The second-order valence-corrected chi connectivity index (χ2v) is 5.86. The third kappa shape index (κ3) is 4.29. The molecule has 0 aromatic heterocycles. The Morgan fingerprint density at radius 1 is 1.17 bits per heavy atom. The highest BCUT2D eigenvalue weighted by Crippen LogP contribution is 2.47. The molecule has 0 spiro atoms. The van der Waals surface area contributed by atoms with Crippen LogP contribution in [0, 0.1) is 10.1 Å². The van der Waals surface area contributed by atoms with Crippen LogP contribution in [-0.2, 0) is 9.09 Å². The van der Waals surface area contributed by atoms with Gasteiger partial charge >= 0.3 is 7.82 Å². The molecule has 0 fully saturated rings. The van der Waals surface area contributed by atoms with Crippen LogP contribution in [0.2, 0.25) is 0 Å². The van der Waals surface area contributed by atoms with E-state index >= 15 is 0 Å². The van der Waals surface area contributed by atoms with Gasteiger partial charge in [-0.05, 0) is 25.1 Å². The molecule has 23 heavy (non-hydrogen) atoms. The molecule has 122 valence electrons. The van der Waals surface area contributed by atoms with Crippen LogP contribution in [0.4, 0.5) is 5.69 Å². The van der Waals surface area contributed by atoms with E-state index in [4.69, 9.17) is 4.52 Å². The van der Waals surface area contributed by atoms with Crippen molar-refractivity contribution in [1.29, 1.82) is 0 Å². The maximum atomic E-state index is 11.9. The molecular weight excluding hydrogens is 325 g/mol. The molecule has 0 saturated carbocycles. The Morgan fingerprint density at radius 2 is 1.78 bits per heavy atom. The van der Waals surface area contributed by atoms with Crippen LogP contribution in [0.1, 0.15) is 18.6 Å². The Morgan fingerprint density at radius 3 is 2.43 bits per heavy atom. The normalized spacial score (nSPS) is 14.7. The number of aromatic hydroxyl groups is 1. The molecule has 0 bridgehead atoms. The molecule has 0 saturated heterocycles. The third-order valence-corrected chi connectivity index (χ3v) is 3.93. The predicted molar refractivity (Wildman–Crippen MR) is 78.9 cm³/mol. The number of phenolic OH excluding ortho intramolecular Hbond substituents is 1. The molecule has 0 aliphatic heterocycles. The van der Waals surface area contributed by atoms with Crippen molar-refractivity contribution in [2.24, 2.45) is 0 Å². The number of phosphoric acid groups is 1. The van der Waals surface area contributed by atoms with Gasteiger partial charge in [0, 0.05) is 6.07 Å². The lowest BCUT2D eigenvalue weighted by Crippen LogP contribution is -2.13. The highest BCUT2D eigenvalue weighted by atomic mass is 31.2. The molecule has 0 radical (unpaired) electrons. The van der Waals surface area contributed by atoms with Crippen molar-refractivity contribution in [3.63, 3.8) is 0 Å². The van der Waals surface area contributed by atoms with E-state index in [0.717, 1.165) is 0 Å². The van der Waals surface area contributed by atoms with Gasteiger partial charge in [-0.2, -0.15) is 0 Å². The molecule has 2 aromatic rings. The van der Waals surface area contributed by atoms with Crippen molar-refractivity contribution in [3.8, 4) is 11.5 Å². The van der Waals surface area contributed by atoms with Crippen LogP contribution >= 0.6 is 7.82 Å². The van der Waals surface area contributed by atoms with Crippen LogP contribution in [0.5, 0.6) is 11.5 Å². The Balaban J connectivity index is 2.19. The van der Waals surface area contributed by atoms with E-state index in [1.54, 1.807) is 0 Å². The first kappa shape index (κ1) is 17.0. The molecule has 1 N–H and O–H groups in total. The average molecular weight is 338 g/mol. The second-order valence-electron chi connectivity index (χ2n) is 4.57. The van der Waals surface area contributed by atoms with Gasteiger partial charge in [0.2, 0.25) is 0 Å². The van der Waals surface area contributed by atoms with E-state index in [1.165, 1.54) is 55.5 Å². The highest BCUT2D eigenvalue weighted by molar-refractivity contribution is 7.46. The van der Waals surface area contributed by atoms with E-state index in [9.17, 15) is 24.7 Å². The maximum Gasteiger partial charge on any atom is 0.320 e. The lowest BCUT2D eigenvalue weighted by molar-refractivity contribution is -0.386. The number of hydrogen-bond donors (Lipinski definition) is 1. The van der Waals surface area contributed by atoms with Crippen LogP contribution in [-0.4, -0.2) is 10.0 Å². The molecule has 0 heterocycles.